The van der Waals surface area contributed by atoms with Crippen molar-refractivity contribution in [2.24, 2.45) is 12.8 Å². The Bertz CT molecular complexity index is 553. The van der Waals surface area contributed by atoms with Crippen LogP contribution in [0.4, 0.5) is 4.39 Å². The molecule has 2 N–H and O–H groups in total. The fourth-order valence-electron chi connectivity index (χ4n) is 1.81. The van der Waals surface area contributed by atoms with E-state index in [9.17, 15) is 4.39 Å². The Hall–Kier alpha value is -1.95. The molecule has 1 aromatic heterocycles. The van der Waals surface area contributed by atoms with Crippen molar-refractivity contribution in [3.8, 4) is 5.75 Å². The van der Waals surface area contributed by atoms with Gasteiger partial charge in [0, 0.05) is 13.1 Å². The van der Waals surface area contributed by atoms with E-state index in [-0.39, 0.29) is 24.2 Å². The highest BCUT2D eigenvalue weighted by atomic mass is 19.1. The van der Waals surface area contributed by atoms with Gasteiger partial charge >= 0.3 is 0 Å². The van der Waals surface area contributed by atoms with E-state index in [0.717, 1.165) is 5.56 Å². The summed E-state index contributed by atoms with van der Waals surface area (Å²) in [6.45, 7) is 2.04. The summed E-state index contributed by atoms with van der Waals surface area (Å²) in [5.41, 5.74) is 6.52. The molecule has 0 spiro atoms. The molecule has 1 aromatic carbocycles. The highest BCUT2D eigenvalue weighted by molar-refractivity contribution is 5.35. The van der Waals surface area contributed by atoms with E-state index in [1.165, 1.54) is 12.4 Å². The molecule has 1 heterocycles. The van der Waals surface area contributed by atoms with Crippen LogP contribution in [0, 0.1) is 5.82 Å². The van der Waals surface area contributed by atoms with Gasteiger partial charge in [-0.3, -0.25) is 4.68 Å². The van der Waals surface area contributed by atoms with Crippen LogP contribution in [-0.2, 0) is 20.1 Å². The number of aryl methyl sites for hydroxylation is 1. The van der Waals surface area contributed by atoms with Gasteiger partial charge in [0.2, 0.25) is 0 Å². The third-order valence-electron chi connectivity index (χ3n) is 2.74. The van der Waals surface area contributed by atoms with E-state index in [1.807, 2.05) is 13.0 Å². The van der Waals surface area contributed by atoms with Crippen LogP contribution < -0.4 is 10.5 Å². The maximum atomic E-state index is 13.8. The Morgan fingerprint density at radius 3 is 2.89 bits per heavy atom. The van der Waals surface area contributed by atoms with Gasteiger partial charge in [0.05, 0.1) is 0 Å². The van der Waals surface area contributed by atoms with Gasteiger partial charge in [0.15, 0.2) is 17.4 Å². The van der Waals surface area contributed by atoms with Crippen molar-refractivity contribution in [2.45, 2.75) is 26.0 Å². The molecule has 0 aliphatic rings. The molecule has 2 aromatic rings. The molecule has 0 aliphatic heterocycles. The number of halogens is 1. The number of nitrogens with two attached hydrogens (primary N) is 1. The van der Waals surface area contributed by atoms with Crippen molar-refractivity contribution in [1.82, 2.24) is 14.8 Å². The Morgan fingerprint density at radius 1 is 1.47 bits per heavy atom. The van der Waals surface area contributed by atoms with Crippen LogP contribution in [0.1, 0.15) is 18.3 Å². The summed E-state index contributed by atoms with van der Waals surface area (Å²) in [6.07, 6.45) is 1.99. The summed E-state index contributed by atoms with van der Waals surface area (Å²) in [4.78, 5) is 4.03. The molecular formula is C13H17FN4O. The van der Waals surface area contributed by atoms with Crippen LogP contribution in [-0.4, -0.2) is 20.8 Å². The first-order valence-corrected chi connectivity index (χ1v) is 6.06. The quantitative estimate of drug-likeness (QED) is 0.887. The second-order valence-corrected chi connectivity index (χ2v) is 4.50. The maximum Gasteiger partial charge on any atom is 0.165 e. The van der Waals surface area contributed by atoms with E-state index in [2.05, 4.69) is 10.1 Å². The first kappa shape index (κ1) is 13.5. The van der Waals surface area contributed by atoms with E-state index in [0.29, 0.717) is 12.2 Å². The van der Waals surface area contributed by atoms with E-state index in [1.54, 1.807) is 17.8 Å². The Kier molecular flexibility index (Phi) is 4.11. The van der Waals surface area contributed by atoms with Gasteiger partial charge in [-0.25, -0.2) is 9.37 Å². The minimum absolute atomic E-state index is 0.0565. The summed E-state index contributed by atoms with van der Waals surface area (Å²) < 4.78 is 21.0. The molecule has 0 amide bonds. The summed E-state index contributed by atoms with van der Waals surface area (Å²) in [5.74, 6) is 0.484. The average molecular weight is 264 g/mol. The van der Waals surface area contributed by atoms with E-state index in [4.69, 9.17) is 10.5 Å². The number of benzene rings is 1. The largest absolute Gasteiger partial charge is 0.482 e. The van der Waals surface area contributed by atoms with Crippen molar-refractivity contribution in [3.05, 3.63) is 41.7 Å². The maximum absolute atomic E-state index is 13.8. The van der Waals surface area contributed by atoms with Crippen molar-refractivity contribution < 1.29 is 9.13 Å². The van der Waals surface area contributed by atoms with Crippen LogP contribution in [0.5, 0.6) is 5.75 Å². The van der Waals surface area contributed by atoms with Gasteiger partial charge in [-0.15, -0.1) is 0 Å². The zero-order valence-corrected chi connectivity index (χ0v) is 11.0. The minimum Gasteiger partial charge on any atom is -0.482 e. The van der Waals surface area contributed by atoms with E-state index < -0.39 is 0 Å². The number of hydrogen-bond acceptors (Lipinski definition) is 4. The molecule has 6 heteroatoms. The molecule has 5 nitrogen and oxygen atoms in total. The number of aromatic nitrogens is 3. The van der Waals surface area contributed by atoms with Gasteiger partial charge in [-0.1, -0.05) is 12.1 Å². The molecule has 1 atom stereocenters. The second-order valence-electron chi connectivity index (χ2n) is 4.50. The number of nitrogens with zero attached hydrogens (tertiary/aromatic N) is 3. The predicted octanol–water partition coefficient (Wildman–Crippen LogP) is 1.42. The molecule has 0 saturated heterocycles. The highest BCUT2D eigenvalue weighted by Crippen LogP contribution is 2.24. The van der Waals surface area contributed by atoms with Crippen molar-refractivity contribution in [2.75, 3.05) is 0 Å². The molecule has 2 rings (SSSR count). The minimum atomic E-state index is -0.389. The zero-order valence-electron chi connectivity index (χ0n) is 11.0. The molecule has 0 saturated carbocycles. The van der Waals surface area contributed by atoms with Crippen molar-refractivity contribution in [3.63, 3.8) is 0 Å². The number of rotatable bonds is 5. The summed E-state index contributed by atoms with van der Waals surface area (Å²) in [6, 6.07) is 4.79. The summed E-state index contributed by atoms with van der Waals surface area (Å²) >= 11 is 0. The molecule has 0 fully saturated rings. The van der Waals surface area contributed by atoms with Gasteiger partial charge in [0.1, 0.15) is 12.9 Å². The van der Waals surface area contributed by atoms with Crippen LogP contribution in [0.3, 0.4) is 0 Å². The Labute approximate surface area is 111 Å². The van der Waals surface area contributed by atoms with Crippen LogP contribution in [0.2, 0.25) is 0 Å². The van der Waals surface area contributed by atoms with Gasteiger partial charge in [0.25, 0.3) is 0 Å². The molecule has 0 radical (unpaired) electrons. The predicted molar refractivity (Wildman–Crippen MR) is 69.1 cm³/mol. The van der Waals surface area contributed by atoms with Crippen LogP contribution in [0.25, 0.3) is 0 Å². The lowest BCUT2D eigenvalue weighted by molar-refractivity contribution is 0.272. The molecule has 0 bridgehead atoms. The van der Waals surface area contributed by atoms with Crippen molar-refractivity contribution >= 4 is 0 Å². The molecule has 0 aliphatic carbocycles. The molecule has 1 unspecified atom stereocenters. The monoisotopic (exact) mass is 264 g/mol. The molecule has 19 heavy (non-hydrogen) atoms. The Balaban J connectivity index is 2.17. The summed E-state index contributed by atoms with van der Waals surface area (Å²) in [7, 11) is 1.76. The smallest absolute Gasteiger partial charge is 0.165 e. The first-order valence-electron chi connectivity index (χ1n) is 6.06. The third-order valence-corrected chi connectivity index (χ3v) is 2.74. The SMILES string of the molecule is CC(N)Cc1cccc(F)c1OCc1ncnn1C. The van der Waals surface area contributed by atoms with E-state index >= 15 is 0 Å². The lowest BCUT2D eigenvalue weighted by atomic mass is 10.1. The average Bonchev–Trinajstić information content (AvgIpc) is 2.73. The van der Waals surface area contributed by atoms with Gasteiger partial charge in [-0.05, 0) is 25.0 Å². The number of ether oxygens (including phenoxy) is 1. The molecule has 102 valence electrons. The second kappa shape index (κ2) is 5.79. The zero-order chi connectivity index (χ0) is 13.8. The Morgan fingerprint density at radius 2 is 2.26 bits per heavy atom. The van der Waals surface area contributed by atoms with Crippen LogP contribution in [0.15, 0.2) is 24.5 Å². The van der Waals surface area contributed by atoms with Crippen LogP contribution >= 0.6 is 0 Å². The highest BCUT2D eigenvalue weighted by Gasteiger charge is 2.12. The fourth-order valence-corrected chi connectivity index (χ4v) is 1.81. The lowest BCUT2D eigenvalue weighted by Gasteiger charge is -2.13. The van der Waals surface area contributed by atoms with Crippen molar-refractivity contribution in [1.29, 1.82) is 0 Å². The first-order chi connectivity index (χ1) is 9.08. The topological polar surface area (TPSA) is 66.0 Å². The molecular weight excluding hydrogens is 247 g/mol. The fraction of sp³-hybridized carbons (Fsp3) is 0.385. The third kappa shape index (κ3) is 3.29. The van der Waals surface area contributed by atoms with Gasteiger partial charge in [-0.2, -0.15) is 5.10 Å². The lowest BCUT2D eigenvalue weighted by Crippen LogP contribution is -2.18. The number of hydrogen-bond donors (Lipinski definition) is 1. The number of para-hydroxylation sites is 1. The summed E-state index contributed by atoms with van der Waals surface area (Å²) in [5, 5.41) is 3.93. The van der Waals surface area contributed by atoms with Gasteiger partial charge < -0.3 is 10.5 Å². The normalized spacial score (nSPS) is 12.4. The standard InChI is InChI=1S/C13H17FN4O/c1-9(15)6-10-4-3-5-11(14)13(10)19-7-12-16-8-17-18(12)2/h3-5,8-9H,6-7,15H2,1-2H3.